The van der Waals surface area contributed by atoms with Crippen LogP contribution in [0.1, 0.15) is 20.3 Å². The highest BCUT2D eigenvalue weighted by atomic mass is 127. The molecule has 2 rings (SSSR count). The molecule has 1 aromatic rings. The predicted octanol–water partition coefficient (Wildman–Crippen LogP) is 2.37. The highest BCUT2D eigenvalue weighted by Crippen LogP contribution is 2.30. The van der Waals surface area contributed by atoms with E-state index in [1.54, 1.807) is 7.11 Å². The maximum Gasteiger partial charge on any atom is 0.211 e. The number of anilines is 1. The molecule has 1 heterocycles. The summed E-state index contributed by atoms with van der Waals surface area (Å²) in [6.45, 7) is 6.87. The fourth-order valence-corrected chi connectivity index (χ4v) is 3.85. The van der Waals surface area contributed by atoms with Crippen LogP contribution in [0.3, 0.4) is 0 Å². The Labute approximate surface area is 185 Å². The zero-order chi connectivity index (χ0) is 19.9. The molecule has 1 saturated heterocycles. The van der Waals surface area contributed by atoms with E-state index in [0.29, 0.717) is 43.7 Å². The molecule has 0 saturated carbocycles. The van der Waals surface area contributed by atoms with Crippen molar-refractivity contribution < 1.29 is 17.9 Å². The number of methoxy groups -OCH3 is 1. The Kier molecular flexibility index (Phi) is 10.3. The van der Waals surface area contributed by atoms with Gasteiger partial charge in [-0.3, -0.25) is 4.99 Å². The fraction of sp³-hybridized carbons (Fsp3) is 0.611. The summed E-state index contributed by atoms with van der Waals surface area (Å²) in [6, 6.07) is 5.62. The van der Waals surface area contributed by atoms with Gasteiger partial charge in [-0.15, -0.1) is 24.0 Å². The van der Waals surface area contributed by atoms with Crippen LogP contribution < -0.4 is 20.1 Å². The monoisotopic (exact) mass is 526 g/mol. The number of guanidine groups is 1. The summed E-state index contributed by atoms with van der Waals surface area (Å²) in [5.74, 6) is 2.23. The number of benzene rings is 1. The average molecular weight is 526 g/mol. The topological polar surface area (TPSA) is 92.3 Å². The minimum atomic E-state index is -3.12. The van der Waals surface area contributed by atoms with E-state index in [1.807, 2.05) is 32.0 Å². The molecule has 0 radical (unpaired) electrons. The first kappa shape index (κ1) is 24.8. The molecule has 1 atom stereocenters. The first-order chi connectivity index (χ1) is 12.9. The normalized spacial score (nSPS) is 17.7. The van der Waals surface area contributed by atoms with Crippen LogP contribution in [0.5, 0.6) is 11.5 Å². The van der Waals surface area contributed by atoms with Gasteiger partial charge in [0, 0.05) is 37.9 Å². The molecule has 8 nitrogen and oxygen atoms in total. The number of nitrogens with one attached hydrogen (secondary N) is 2. The molecule has 160 valence electrons. The van der Waals surface area contributed by atoms with Crippen molar-refractivity contribution in [1.29, 1.82) is 0 Å². The summed E-state index contributed by atoms with van der Waals surface area (Å²) in [7, 11) is -1.52. The van der Waals surface area contributed by atoms with E-state index in [0.717, 1.165) is 18.7 Å². The van der Waals surface area contributed by atoms with Crippen LogP contribution in [0.2, 0.25) is 0 Å². The number of rotatable bonds is 8. The number of halogens is 1. The summed E-state index contributed by atoms with van der Waals surface area (Å²) < 4.78 is 35.7. The Morgan fingerprint density at radius 2 is 2.07 bits per heavy atom. The zero-order valence-corrected chi connectivity index (χ0v) is 20.0. The second-order valence-electron chi connectivity index (χ2n) is 6.42. The lowest BCUT2D eigenvalue weighted by molar-refractivity contribution is 0.311. The maximum atomic E-state index is 11.6. The number of aliphatic imine (C=N–C) groups is 1. The van der Waals surface area contributed by atoms with Crippen molar-refractivity contribution in [2.24, 2.45) is 10.9 Å². The van der Waals surface area contributed by atoms with Crippen molar-refractivity contribution in [3.05, 3.63) is 18.2 Å². The van der Waals surface area contributed by atoms with Crippen molar-refractivity contribution in [2.45, 2.75) is 20.3 Å². The third-order valence-electron chi connectivity index (χ3n) is 4.30. The first-order valence-electron chi connectivity index (χ1n) is 9.18. The highest BCUT2D eigenvalue weighted by Gasteiger charge is 2.28. The minimum absolute atomic E-state index is 0. The minimum Gasteiger partial charge on any atom is -0.493 e. The summed E-state index contributed by atoms with van der Waals surface area (Å²) in [5.41, 5.74) is 0.833. The summed E-state index contributed by atoms with van der Waals surface area (Å²) in [5, 5.41) is 6.47. The Bertz CT molecular complexity index is 758. The third kappa shape index (κ3) is 7.28. The van der Waals surface area contributed by atoms with Crippen LogP contribution in [-0.4, -0.2) is 64.8 Å². The van der Waals surface area contributed by atoms with E-state index < -0.39 is 10.0 Å². The Morgan fingerprint density at radius 3 is 2.64 bits per heavy atom. The van der Waals surface area contributed by atoms with Crippen LogP contribution in [0.15, 0.2) is 23.2 Å². The molecule has 0 amide bonds. The molecule has 0 bridgehead atoms. The quantitative estimate of drug-likeness (QED) is 0.307. The molecule has 0 aromatic heterocycles. The van der Waals surface area contributed by atoms with Gasteiger partial charge in [0.15, 0.2) is 17.5 Å². The molecule has 28 heavy (non-hydrogen) atoms. The molecule has 0 aliphatic carbocycles. The second-order valence-corrected chi connectivity index (χ2v) is 8.40. The number of sulfonamides is 1. The molecule has 1 aliphatic heterocycles. The molecule has 1 aliphatic rings. The van der Waals surface area contributed by atoms with E-state index in [2.05, 4.69) is 15.6 Å². The van der Waals surface area contributed by atoms with Gasteiger partial charge in [0.2, 0.25) is 10.0 Å². The molecule has 10 heteroatoms. The van der Waals surface area contributed by atoms with Crippen LogP contribution >= 0.6 is 24.0 Å². The third-order valence-corrected chi connectivity index (χ3v) is 5.57. The van der Waals surface area contributed by atoms with Gasteiger partial charge in [0.05, 0.1) is 20.0 Å². The summed E-state index contributed by atoms with van der Waals surface area (Å²) in [6.07, 6.45) is 2.08. The second kappa shape index (κ2) is 11.7. The van der Waals surface area contributed by atoms with E-state index in [9.17, 15) is 8.42 Å². The van der Waals surface area contributed by atoms with Gasteiger partial charge in [0.25, 0.3) is 0 Å². The lowest BCUT2D eigenvalue weighted by Gasteiger charge is -2.15. The van der Waals surface area contributed by atoms with Gasteiger partial charge >= 0.3 is 0 Å². The number of ether oxygens (including phenoxy) is 2. The van der Waals surface area contributed by atoms with Crippen molar-refractivity contribution in [2.75, 3.05) is 51.5 Å². The van der Waals surface area contributed by atoms with E-state index >= 15 is 0 Å². The molecule has 0 spiro atoms. The van der Waals surface area contributed by atoms with Gasteiger partial charge in [-0.1, -0.05) is 0 Å². The van der Waals surface area contributed by atoms with Gasteiger partial charge in [-0.25, -0.2) is 12.7 Å². The predicted molar refractivity (Wildman–Crippen MR) is 124 cm³/mol. The Morgan fingerprint density at radius 1 is 1.32 bits per heavy atom. The van der Waals surface area contributed by atoms with Gasteiger partial charge in [-0.05, 0) is 38.3 Å². The molecule has 1 fully saturated rings. The van der Waals surface area contributed by atoms with Crippen LogP contribution in [0.4, 0.5) is 5.69 Å². The highest BCUT2D eigenvalue weighted by molar-refractivity contribution is 14.0. The van der Waals surface area contributed by atoms with Gasteiger partial charge < -0.3 is 20.1 Å². The van der Waals surface area contributed by atoms with Crippen LogP contribution in [0.25, 0.3) is 0 Å². The molecule has 1 aromatic carbocycles. The Balaban J connectivity index is 0.00000392. The molecular weight excluding hydrogens is 495 g/mol. The molecular formula is C18H31IN4O4S. The summed E-state index contributed by atoms with van der Waals surface area (Å²) >= 11 is 0. The standard InChI is InChI=1S/C18H30N4O4S.HI/c1-5-19-18(20-12-14-9-10-22(13-14)27(4,23)24)21-15-7-8-16(26-6-2)17(11-15)25-3;/h7-8,11,14H,5-6,9-10,12-13H2,1-4H3,(H2,19,20,21);1H. The summed E-state index contributed by atoms with van der Waals surface area (Å²) in [4.78, 5) is 4.62. The lowest BCUT2D eigenvalue weighted by Crippen LogP contribution is -2.32. The zero-order valence-electron chi connectivity index (χ0n) is 16.9. The first-order valence-corrected chi connectivity index (χ1v) is 11.0. The van der Waals surface area contributed by atoms with Crippen molar-refractivity contribution in [1.82, 2.24) is 9.62 Å². The number of hydrogen-bond donors (Lipinski definition) is 2. The van der Waals surface area contributed by atoms with E-state index in [4.69, 9.17) is 9.47 Å². The SMILES string of the molecule is CCNC(=NCC1CCN(S(C)(=O)=O)C1)Nc1ccc(OCC)c(OC)c1.I. The average Bonchev–Trinajstić information content (AvgIpc) is 3.11. The largest absolute Gasteiger partial charge is 0.493 e. The smallest absolute Gasteiger partial charge is 0.211 e. The number of hydrogen-bond acceptors (Lipinski definition) is 5. The molecule has 2 N–H and O–H groups in total. The lowest BCUT2D eigenvalue weighted by atomic mass is 10.1. The number of nitrogens with zero attached hydrogens (tertiary/aromatic N) is 2. The van der Waals surface area contributed by atoms with Gasteiger partial charge in [-0.2, -0.15) is 0 Å². The fourth-order valence-electron chi connectivity index (χ4n) is 2.93. The maximum absolute atomic E-state index is 11.6. The van der Waals surface area contributed by atoms with Gasteiger partial charge in [0.1, 0.15) is 0 Å². The van der Waals surface area contributed by atoms with Crippen LogP contribution in [-0.2, 0) is 10.0 Å². The van der Waals surface area contributed by atoms with Crippen molar-refractivity contribution in [3.63, 3.8) is 0 Å². The van der Waals surface area contributed by atoms with E-state index in [-0.39, 0.29) is 29.9 Å². The Hall–Kier alpha value is -1.27. The van der Waals surface area contributed by atoms with Crippen molar-refractivity contribution >= 4 is 45.6 Å². The van der Waals surface area contributed by atoms with E-state index in [1.165, 1.54) is 10.6 Å². The molecule has 1 unspecified atom stereocenters. The van der Waals surface area contributed by atoms with Crippen molar-refractivity contribution in [3.8, 4) is 11.5 Å². The van der Waals surface area contributed by atoms with Crippen LogP contribution in [0, 0.1) is 5.92 Å².